The lowest BCUT2D eigenvalue weighted by molar-refractivity contribution is 1.60. The molecule has 82 valence electrons. The maximum absolute atomic E-state index is 5.98. The zero-order valence-corrected chi connectivity index (χ0v) is 9.92. The smallest absolute Gasteiger partial charge is 0.0519 e. The Morgan fingerprint density at radius 1 is 0.938 bits per heavy atom. The second-order valence-corrected chi connectivity index (χ2v) is 4.05. The van der Waals surface area contributed by atoms with Crippen LogP contribution in [0.25, 0.3) is 11.1 Å². The highest BCUT2D eigenvalue weighted by molar-refractivity contribution is 7.99. The molecule has 2 aromatic carbocycles. The Labute approximate surface area is 100 Å². The Bertz CT molecular complexity index is 483. The van der Waals surface area contributed by atoms with E-state index in [4.69, 9.17) is 5.73 Å². The van der Waals surface area contributed by atoms with Gasteiger partial charge in [0.25, 0.3) is 0 Å². The van der Waals surface area contributed by atoms with E-state index in [0.717, 1.165) is 22.5 Å². The normalized spacial score (nSPS) is 10.1. The van der Waals surface area contributed by atoms with E-state index in [-0.39, 0.29) is 0 Å². The van der Waals surface area contributed by atoms with Crippen molar-refractivity contribution >= 4 is 23.3 Å². The van der Waals surface area contributed by atoms with Gasteiger partial charge in [-0.2, -0.15) is 0 Å². The first kappa shape index (κ1) is 10.9. The van der Waals surface area contributed by atoms with Crippen LogP contribution in [0.2, 0.25) is 0 Å². The predicted octanol–water partition coefficient (Wildman–Crippen LogP) is 3.63. The van der Waals surface area contributed by atoms with Gasteiger partial charge in [-0.25, -0.2) is 0 Å². The van der Waals surface area contributed by atoms with Crippen molar-refractivity contribution in [1.82, 2.24) is 0 Å². The van der Waals surface area contributed by atoms with Crippen molar-refractivity contribution in [2.75, 3.05) is 16.7 Å². The van der Waals surface area contributed by atoms with Crippen molar-refractivity contribution in [2.24, 2.45) is 0 Å². The third-order valence-corrected chi connectivity index (χ3v) is 2.81. The van der Waals surface area contributed by atoms with E-state index in [9.17, 15) is 0 Å². The monoisotopic (exact) mass is 230 g/mol. The van der Waals surface area contributed by atoms with Gasteiger partial charge in [-0.05, 0) is 12.1 Å². The molecule has 0 unspecified atom stereocenters. The molecular weight excluding hydrogens is 216 g/mol. The first-order valence-electron chi connectivity index (χ1n) is 5.06. The van der Waals surface area contributed by atoms with Gasteiger partial charge < -0.3 is 10.5 Å². The van der Waals surface area contributed by atoms with Crippen LogP contribution in [0, 0.1) is 0 Å². The Kier molecular flexibility index (Phi) is 3.37. The van der Waals surface area contributed by atoms with Gasteiger partial charge in [0, 0.05) is 23.1 Å². The van der Waals surface area contributed by atoms with Gasteiger partial charge in [-0.3, -0.25) is 0 Å². The molecular formula is C13H14N2S. The minimum Gasteiger partial charge on any atom is -0.398 e. The quantitative estimate of drug-likeness (QED) is 0.624. The largest absolute Gasteiger partial charge is 0.398 e. The van der Waals surface area contributed by atoms with Crippen LogP contribution in [0.3, 0.4) is 0 Å². The average Bonchev–Trinajstić information content (AvgIpc) is 2.31. The summed E-state index contributed by atoms with van der Waals surface area (Å²) < 4.78 is 3.26. The molecule has 0 radical (unpaired) electrons. The molecule has 0 aromatic heterocycles. The third kappa shape index (κ3) is 2.14. The molecule has 0 saturated heterocycles. The molecule has 3 N–H and O–H groups in total. The first-order valence-corrected chi connectivity index (χ1v) is 6.28. The lowest BCUT2D eigenvalue weighted by Gasteiger charge is -2.11. The van der Waals surface area contributed by atoms with Gasteiger partial charge in [0.1, 0.15) is 0 Å². The number of rotatable bonds is 3. The highest BCUT2D eigenvalue weighted by atomic mass is 32.2. The van der Waals surface area contributed by atoms with E-state index in [1.54, 1.807) is 11.9 Å². The lowest BCUT2D eigenvalue weighted by Crippen LogP contribution is -1.93. The SMILES string of the molecule is CSNc1ccccc1-c1ccccc1N. The number of nitrogens with one attached hydrogen (secondary N) is 1. The minimum absolute atomic E-state index is 0.804. The molecule has 0 aliphatic rings. The number of hydrogen-bond acceptors (Lipinski definition) is 3. The molecule has 3 heteroatoms. The average molecular weight is 230 g/mol. The van der Waals surface area contributed by atoms with Crippen molar-refractivity contribution in [3.8, 4) is 11.1 Å². The molecule has 0 amide bonds. The van der Waals surface area contributed by atoms with Crippen molar-refractivity contribution in [1.29, 1.82) is 0 Å². The van der Waals surface area contributed by atoms with Crippen LogP contribution < -0.4 is 10.5 Å². The first-order chi connectivity index (χ1) is 7.83. The zero-order chi connectivity index (χ0) is 11.4. The Hall–Kier alpha value is -1.61. The van der Waals surface area contributed by atoms with Crippen LogP contribution in [-0.4, -0.2) is 6.26 Å². The van der Waals surface area contributed by atoms with Gasteiger partial charge >= 0.3 is 0 Å². The molecule has 0 fully saturated rings. The topological polar surface area (TPSA) is 38.0 Å². The molecule has 0 saturated carbocycles. The van der Waals surface area contributed by atoms with E-state index in [1.165, 1.54) is 0 Å². The summed E-state index contributed by atoms with van der Waals surface area (Å²) in [6, 6.07) is 16.1. The summed E-state index contributed by atoms with van der Waals surface area (Å²) in [5, 5.41) is 0. The number of benzene rings is 2. The lowest BCUT2D eigenvalue weighted by atomic mass is 10.0. The van der Waals surface area contributed by atoms with E-state index < -0.39 is 0 Å². The van der Waals surface area contributed by atoms with Crippen LogP contribution in [0.1, 0.15) is 0 Å². The van der Waals surface area contributed by atoms with Gasteiger partial charge in [-0.15, -0.1) is 0 Å². The van der Waals surface area contributed by atoms with Gasteiger partial charge in [0.2, 0.25) is 0 Å². The Morgan fingerprint density at radius 3 is 2.25 bits per heavy atom. The van der Waals surface area contributed by atoms with E-state index in [1.807, 2.05) is 42.7 Å². The molecule has 2 rings (SSSR count). The molecule has 0 bridgehead atoms. The van der Waals surface area contributed by atoms with Crippen molar-refractivity contribution < 1.29 is 0 Å². The fourth-order valence-electron chi connectivity index (χ4n) is 1.66. The summed E-state index contributed by atoms with van der Waals surface area (Å²) in [5.74, 6) is 0. The van der Waals surface area contributed by atoms with Gasteiger partial charge in [0.15, 0.2) is 0 Å². The number of para-hydroxylation sites is 2. The molecule has 0 heterocycles. The second-order valence-electron chi connectivity index (χ2n) is 3.44. The third-order valence-electron chi connectivity index (χ3n) is 2.39. The second kappa shape index (κ2) is 4.94. The standard InChI is InChI=1S/C13H14N2S/c1-16-15-13-9-5-3-7-11(13)10-6-2-4-8-12(10)14/h2-9,15H,14H2,1H3. The summed E-state index contributed by atoms with van der Waals surface area (Å²) in [6.45, 7) is 0. The predicted molar refractivity (Wildman–Crippen MR) is 73.4 cm³/mol. The van der Waals surface area contributed by atoms with Crippen LogP contribution >= 0.6 is 11.9 Å². The summed E-state index contributed by atoms with van der Waals surface area (Å²) in [5.41, 5.74) is 10.1. The van der Waals surface area contributed by atoms with Gasteiger partial charge in [-0.1, -0.05) is 48.3 Å². The fraction of sp³-hybridized carbons (Fsp3) is 0.0769. The summed E-state index contributed by atoms with van der Waals surface area (Å²) in [6.07, 6.45) is 2.01. The molecule has 16 heavy (non-hydrogen) atoms. The van der Waals surface area contributed by atoms with Gasteiger partial charge in [0.05, 0.1) is 5.69 Å². The van der Waals surface area contributed by atoms with E-state index >= 15 is 0 Å². The highest BCUT2D eigenvalue weighted by Gasteiger charge is 2.06. The number of anilines is 2. The van der Waals surface area contributed by atoms with Crippen LogP contribution in [0.4, 0.5) is 11.4 Å². The zero-order valence-electron chi connectivity index (χ0n) is 9.10. The fourth-order valence-corrected chi connectivity index (χ4v) is 2.06. The summed E-state index contributed by atoms with van der Waals surface area (Å²) >= 11 is 1.58. The molecule has 2 nitrogen and oxygen atoms in total. The van der Waals surface area contributed by atoms with Crippen LogP contribution in [0.5, 0.6) is 0 Å². The van der Waals surface area contributed by atoms with Crippen molar-refractivity contribution in [3.05, 3.63) is 48.5 Å². The number of hydrogen-bond donors (Lipinski definition) is 2. The molecule has 0 atom stereocenters. The van der Waals surface area contributed by atoms with E-state index in [0.29, 0.717) is 0 Å². The molecule has 0 aliphatic carbocycles. The molecule has 0 aliphatic heterocycles. The van der Waals surface area contributed by atoms with Crippen molar-refractivity contribution in [3.63, 3.8) is 0 Å². The molecule has 0 spiro atoms. The van der Waals surface area contributed by atoms with E-state index in [2.05, 4.69) is 16.9 Å². The summed E-state index contributed by atoms with van der Waals surface area (Å²) in [4.78, 5) is 0. The Balaban J connectivity index is 2.51. The summed E-state index contributed by atoms with van der Waals surface area (Å²) in [7, 11) is 0. The minimum atomic E-state index is 0.804. The van der Waals surface area contributed by atoms with Crippen molar-refractivity contribution in [2.45, 2.75) is 0 Å². The number of nitrogen functional groups attached to an aromatic ring is 1. The van der Waals surface area contributed by atoms with Crippen LogP contribution in [-0.2, 0) is 0 Å². The highest BCUT2D eigenvalue weighted by Crippen LogP contribution is 2.32. The molecule has 2 aromatic rings. The van der Waals surface area contributed by atoms with Crippen LogP contribution in [0.15, 0.2) is 48.5 Å². The maximum atomic E-state index is 5.98. The Morgan fingerprint density at radius 2 is 1.56 bits per heavy atom. The maximum Gasteiger partial charge on any atom is 0.0519 e. The number of nitrogens with two attached hydrogens (primary N) is 1.